The van der Waals surface area contributed by atoms with Crippen LogP contribution in [0.2, 0.25) is 0 Å². The number of thiazole rings is 1. The molecule has 0 saturated carbocycles. The van der Waals surface area contributed by atoms with Gasteiger partial charge >= 0.3 is 5.91 Å². The number of fused-ring (bicyclic) bond motifs is 1. The van der Waals surface area contributed by atoms with Crippen molar-refractivity contribution in [1.29, 1.82) is 0 Å². The molecule has 1 amide bonds. The van der Waals surface area contributed by atoms with Gasteiger partial charge in [0, 0.05) is 17.4 Å². The maximum absolute atomic E-state index is 15.0. The zero-order valence-corrected chi connectivity index (χ0v) is 19.8. The molecule has 35 heavy (non-hydrogen) atoms. The van der Waals surface area contributed by atoms with Crippen LogP contribution in [0.25, 0.3) is 16.0 Å². The molecule has 5 rings (SSSR count). The molecule has 3 aromatic carbocycles. The maximum atomic E-state index is 15.0. The largest absolute Gasteiger partial charge is 0.507 e. The molecule has 1 unspecified atom stereocenters. The fourth-order valence-electron chi connectivity index (χ4n) is 4.00. The van der Waals surface area contributed by atoms with Crippen LogP contribution in [0.5, 0.6) is 0 Å². The van der Waals surface area contributed by atoms with Crippen LogP contribution in [-0.2, 0) is 19.4 Å². The SMILES string of the molecule is CS(=O)(=O)c1ccc2nc(N3C(=O)C(=O)/C(=C(/O)c4ccccc4)C3c3ccccc3F)sc2c1. The highest BCUT2D eigenvalue weighted by atomic mass is 32.2. The molecule has 1 aliphatic heterocycles. The van der Waals surface area contributed by atoms with E-state index in [4.69, 9.17) is 0 Å². The van der Waals surface area contributed by atoms with E-state index in [1.54, 1.807) is 36.4 Å². The van der Waals surface area contributed by atoms with E-state index in [2.05, 4.69) is 4.98 Å². The molecule has 10 heteroatoms. The summed E-state index contributed by atoms with van der Waals surface area (Å²) in [6.45, 7) is 0. The summed E-state index contributed by atoms with van der Waals surface area (Å²) < 4.78 is 39.4. The molecule has 7 nitrogen and oxygen atoms in total. The quantitative estimate of drug-likeness (QED) is 0.248. The second-order valence-electron chi connectivity index (χ2n) is 7.95. The lowest BCUT2D eigenvalue weighted by molar-refractivity contribution is -0.132. The van der Waals surface area contributed by atoms with Crippen molar-refractivity contribution < 1.29 is 27.5 Å². The van der Waals surface area contributed by atoms with Crippen LogP contribution in [-0.4, -0.2) is 36.5 Å². The van der Waals surface area contributed by atoms with E-state index in [9.17, 15) is 27.5 Å². The zero-order valence-electron chi connectivity index (χ0n) is 18.2. The van der Waals surface area contributed by atoms with Crippen molar-refractivity contribution in [3.05, 3.63) is 95.3 Å². The lowest BCUT2D eigenvalue weighted by atomic mass is 9.95. The Bertz CT molecular complexity index is 1640. The maximum Gasteiger partial charge on any atom is 0.301 e. The molecule has 2 heterocycles. The summed E-state index contributed by atoms with van der Waals surface area (Å²) in [4.78, 5) is 32.0. The van der Waals surface area contributed by atoms with E-state index in [0.717, 1.165) is 22.5 Å². The van der Waals surface area contributed by atoms with E-state index in [0.29, 0.717) is 15.8 Å². The summed E-state index contributed by atoms with van der Waals surface area (Å²) in [5.41, 5.74) is 0.464. The minimum Gasteiger partial charge on any atom is -0.507 e. The van der Waals surface area contributed by atoms with Gasteiger partial charge in [-0.2, -0.15) is 0 Å². The number of Topliss-reactive ketones (excluding diaryl/α,β-unsaturated/α-hetero) is 1. The smallest absolute Gasteiger partial charge is 0.301 e. The number of rotatable bonds is 4. The number of halogens is 1. The number of benzene rings is 3. The number of aliphatic hydroxyl groups is 1. The second-order valence-corrected chi connectivity index (χ2v) is 11.0. The van der Waals surface area contributed by atoms with Crippen LogP contribution in [0.4, 0.5) is 9.52 Å². The fraction of sp³-hybridized carbons (Fsp3) is 0.0800. The summed E-state index contributed by atoms with van der Waals surface area (Å²) in [6, 6.07) is 17.0. The Labute approximate surface area is 203 Å². The third kappa shape index (κ3) is 3.90. The molecule has 0 aliphatic carbocycles. The first kappa shape index (κ1) is 22.9. The standard InChI is InChI=1S/C25H17FN2O5S2/c1-35(32,33)15-11-12-18-19(13-15)34-25(27-18)28-21(16-9-5-6-10-17(16)26)20(23(30)24(28)31)22(29)14-7-3-2-4-8-14/h2-13,21,29H,1H3/b22-20+. The highest BCUT2D eigenvalue weighted by molar-refractivity contribution is 7.90. The van der Waals surface area contributed by atoms with Gasteiger partial charge in [0.1, 0.15) is 17.6 Å². The fourth-order valence-corrected chi connectivity index (χ4v) is 5.75. The summed E-state index contributed by atoms with van der Waals surface area (Å²) >= 11 is 0.995. The Balaban J connectivity index is 1.74. The summed E-state index contributed by atoms with van der Waals surface area (Å²) in [7, 11) is -3.48. The molecule has 1 saturated heterocycles. The molecule has 1 fully saturated rings. The van der Waals surface area contributed by atoms with Crippen molar-refractivity contribution >= 4 is 54.0 Å². The Hall–Kier alpha value is -3.89. The van der Waals surface area contributed by atoms with Gasteiger partial charge < -0.3 is 5.11 Å². The zero-order chi connectivity index (χ0) is 24.9. The predicted octanol–water partition coefficient (Wildman–Crippen LogP) is 4.47. The van der Waals surface area contributed by atoms with Crippen molar-refractivity contribution in [3.8, 4) is 0 Å². The molecule has 1 N–H and O–H groups in total. The van der Waals surface area contributed by atoms with Crippen LogP contribution < -0.4 is 4.90 Å². The third-order valence-electron chi connectivity index (χ3n) is 5.67. The minimum absolute atomic E-state index is 0.0141. The average molecular weight is 509 g/mol. The van der Waals surface area contributed by atoms with Crippen LogP contribution >= 0.6 is 11.3 Å². The first-order valence-electron chi connectivity index (χ1n) is 10.4. The Kier molecular flexibility index (Phi) is 5.49. The van der Waals surface area contributed by atoms with E-state index < -0.39 is 39.1 Å². The Morgan fingerprint density at radius 2 is 1.71 bits per heavy atom. The number of carbonyl (C=O) groups is 2. The summed E-state index contributed by atoms with van der Waals surface area (Å²) in [6.07, 6.45) is 1.08. The van der Waals surface area contributed by atoms with Gasteiger partial charge in [-0.15, -0.1) is 0 Å². The molecule has 0 spiro atoms. The van der Waals surface area contributed by atoms with Gasteiger partial charge in [0.05, 0.1) is 20.7 Å². The van der Waals surface area contributed by atoms with Crippen LogP contribution in [0, 0.1) is 5.82 Å². The van der Waals surface area contributed by atoms with Gasteiger partial charge in [-0.3, -0.25) is 14.5 Å². The number of hydrogen-bond donors (Lipinski definition) is 1. The number of anilines is 1. The number of aliphatic hydroxyl groups excluding tert-OH is 1. The van der Waals surface area contributed by atoms with Crippen LogP contribution in [0.15, 0.2) is 83.3 Å². The summed E-state index contributed by atoms with van der Waals surface area (Å²) in [5.74, 6) is -3.04. The Morgan fingerprint density at radius 1 is 1.03 bits per heavy atom. The number of aromatic nitrogens is 1. The van der Waals surface area contributed by atoms with Gasteiger partial charge in [-0.25, -0.2) is 17.8 Å². The lowest BCUT2D eigenvalue weighted by Gasteiger charge is -2.23. The average Bonchev–Trinajstić information content (AvgIpc) is 3.37. The number of sulfone groups is 1. The topological polar surface area (TPSA) is 105 Å². The number of ketones is 1. The van der Waals surface area contributed by atoms with Gasteiger partial charge in [-0.1, -0.05) is 59.9 Å². The minimum atomic E-state index is -3.48. The molecular weight excluding hydrogens is 491 g/mol. The van der Waals surface area contributed by atoms with Crippen LogP contribution in [0.1, 0.15) is 17.2 Å². The van der Waals surface area contributed by atoms with Crippen molar-refractivity contribution in [2.75, 3.05) is 11.2 Å². The van der Waals surface area contributed by atoms with E-state index in [1.807, 2.05) is 0 Å². The molecule has 1 aliphatic rings. The van der Waals surface area contributed by atoms with Crippen molar-refractivity contribution in [1.82, 2.24) is 4.98 Å². The molecule has 0 radical (unpaired) electrons. The highest BCUT2D eigenvalue weighted by Crippen LogP contribution is 2.45. The van der Waals surface area contributed by atoms with Gasteiger partial charge in [0.2, 0.25) is 0 Å². The normalized spacial score (nSPS) is 17.9. The molecule has 1 atom stereocenters. The van der Waals surface area contributed by atoms with Crippen molar-refractivity contribution in [3.63, 3.8) is 0 Å². The van der Waals surface area contributed by atoms with Crippen molar-refractivity contribution in [2.45, 2.75) is 10.9 Å². The molecular formula is C25H17FN2O5S2. The van der Waals surface area contributed by atoms with E-state index >= 15 is 0 Å². The second kappa shape index (κ2) is 8.40. The number of carbonyl (C=O) groups excluding carboxylic acids is 2. The predicted molar refractivity (Wildman–Crippen MR) is 130 cm³/mol. The van der Waals surface area contributed by atoms with E-state index in [1.165, 1.54) is 36.4 Å². The van der Waals surface area contributed by atoms with Crippen LogP contribution in [0.3, 0.4) is 0 Å². The molecule has 1 aromatic heterocycles. The molecule has 4 aromatic rings. The molecule has 0 bridgehead atoms. The van der Waals surface area contributed by atoms with Gasteiger partial charge in [-0.05, 0) is 24.3 Å². The summed E-state index contributed by atoms with van der Waals surface area (Å²) in [5, 5.41) is 11.1. The van der Waals surface area contributed by atoms with E-state index in [-0.39, 0.29) is 21.2 Å². The van der Waals surface area contributed by atoms with Gasteiger partial charge in [0.15, 0.2) is 15.0 Å². The van der Waals surface area contributed by atoms with Crippen molar-refractivity contribution in [2.24, 2.45) is 0 Å². The lowest BCUT2D eigenvalue weighted by Crippen LogP contribution is -2.29. The number of nitrogens with zero attached hydrogens (tertiary/aromatic N) is 2. The monoisotopic (exact) mass is 508 g/mol. The molecule has 176 valence electrons. The Morgan fingerprint density at radius 3 is 2.40 bits per heavy atom. The first-order valence-corrected chi connectivity index (χ1v) is 13.1. The van der Waals surface area contributed by atoms with Gasteiger partial charge in [0.25, 0.3) is 5.78 Å². The number of hydrogen-bond acceptors (Lipinski definition) is 7. The first-order chi connectivity index (χ1) is 16.7. The highest BCUT2D eigenvalue weighted by Gasteiger charge is 2.49. The number of amides is 1. The third-order valence-corrected chi connectivity index (χ3v) is 7.80.